The average molecular weight is 810 g/mol. The van der Waals surface area contributed by atoms with Crippen LogP contribution in [0.25, 0.3) is 16.6 Å². The Hall–Kier alpha value is -4.49. The van der Waals surface area contributed by atoms with Crippen molar-refractivity contribution >= 4 is 57.6 Å². The van der Waals surface area contributed by atoms with Crippen molar-refractivity contribution in [1.29, 1.82) is 0 Å². The van der Waals surface area contributed by atoms with Gasteiger partial charge < -0.3 is 24.4 Å². The van der Waals surface area contributed by atoms with Crippen LogP contribution in [0.1, 0.15) is 37.3 Å². The van der Waals surface area contributed by atoms with Gasteiger partial charge in [0.15, 0.2) is 5.60 Å². The molecule has 8 rings (SSSR count). The van der Waals surface area contributed by atoms with Crippen molar-refractivity contribution in [2.24, 2.45) is 5.92 Å². The molecule has 280 valence electrons. The van der Waals surface area contributed by atoms with Crippen LogP contribution < -0.4 is 20.4 Å². The molecule has 5 atom stereocenters. The summed E-state index contributed by atoms with van der Waals surface area (Å²) in [5.74, 6) is 0.311. The first-order valence-corrected chi connectivity index (χ1v) is 22.5. The number of aromatic nitrogens is 2. The third kappa shape index (κ3) is 5.85. The molecule has 1 aromatic heterocycles. The first-order chi connectivity index (χ1) is 26.0. The molecule has 0 aliphatic carbocycles. The van der Waals surface area contributed by atoms with E-state index in [1.54, 1.807) is 18.1 Å². The Labute approximate surface area is 323 Å². The van der Waals surface area contributed by atoms with Crippen molar-refractivity contribution in [3.63, 3.8) is 0 Å². The summed E-state index contributed by atoms with van der Waals surface area (Å²) in [5.41, 5.74) is 2.39. The number of ether oxygens (including phenoxy) is 2. The smallest absolute Gasteiger partial charge is 0.279 e. The molecular formula is C42H45BrN4O6Si. The van der Waals surface area contributed by atoms with Crippen LogP contribution in [-0.4, -0.2) is 72.1 Å². The van der Waals surface area contributed by atoms with E-state index < -0.39 is 19.8 Å². The van der Waals surface area contributed by atoms with Crippen molar-refractivity contribution in [2.45, 2.75) is 69.1 Å². The standard InChI is InChI=1S/C42H45BrN4O6Si/c1-26-39(54(3,4)32-18-16-31(52-2)17-19-32)37(23-38(49)45-21-7-8-30(45)25-48)53-42(26)34-22-28(43)13-20-36(34)46(41(42)51)24-27-11-14-29(15-12-27)47-40(50)33-9-5-6-10-35(33)44-47/h5-6,9-20,22,26,30,37,39,44,48H,7-8,21,23-25H2,1-4H3/t26-,30+,37+,39-,42+/m1/s1. The zero-order valence-corrected chi connectivity index (χ0v) is 33.5. The molecule has 0 unspecified atom stereocenters. The number of H-pyrrole nitrogens is 1. The molecule has 0 radical (unpaired) electrons. The highest BCUT2D eigenvalue weighted by Crippen LogP contribution is 2.60. The number of aromatic amines is 1. The molecule has 54 heavy (non-hydrogen) atoms. The second-order valence-electron chi connectivity index (χ2n) is 15.4. The molecule has 4 heterocycles. The number of nitrogens with zero attached hydrogens (tertiary/aromatic N) is 3. The number of para-hydroxylation sites is 1. The van der Waals surface area contributed by atoms with Crippen LogP contribution in [0.15, 0.2) is 100 Å². The number of benzene rings is 4. The highest BCUT2D eigenvalue weighted by molar-refractivity contribution is 9.10. The SMILES string of the molecule is COc1ccc([Si](C)(C)[C@H]2[C@H](CC(=O)N3CCC[C@H]3CO)O[C@@]3(C(=O)N(Cc4ccc(-n5[nH]c6ccccc6c5=O)cc4)c4ccc(Br)cc43)[C@@H]2C)cc1. The van der Waals surface area contributed by atoms with Crippen LogP contribution >= 0.6 is 15.9 Å². The van der Waals surface area contributed by atoms with Gasteiger partial charge in [-0.2, -0.15) is 0 Å². The Balaban J connectivity index is 1.16. The van der Waals surface area contributed by atoms with Crippen molar-refractivity contribution in [3.05, 3.63) is 117 Å². The second kappa shape index (κ2) is 14.0. The van der Waals surface area contributed by atoms with E-state index >= 15 is 4.79 Å². The summed E-state index contributed by atoms with van der Waals surface area (Å²) < 4.78 is 15.1. The van der Waals surface area contributed by atoms with E-state index in [1.807, 2.05) is 77.7 Å². The van der Waals surface area contributed by atoms with Gasteiger partial charge in [0.05, 0.1) is 69.2 Å². The lowest BCUT2D eigenvalue weighted by Gasteiger charge is -2.37. The molecule has 2 N–H and O–H groups in total. The number of halogens is 1. The summed E-state index contributed by atoms with van der Waals surface area (Å²) in [5, 5.41) is 15.1. The first kappa shape index (κ1) is 36.5. The fourth-order valence-corrected chi connectivity index (χ4v) is 13.8. The van der Waals surface area contributed by atoms with Gasteiger partial charge in [0.25, 0.3) is 11.5 Å². The number of nitrogens with one attached hydrogen (secondary N) is 1. The minimum atomic E-state index is -2.46. The maximum Gasteiger partial charge on any atom is 0.279 e. The fraction of sp³-hybridized carbons (Fsp3) is 0.357. The van der Waals surface area contributed by atoms with Crippen LogP contribution in [0, 0.1) is 5.92 Å². The third-order valence-corrected chi connectivity index (χ3v) is 17.1. The summed E-state index contributed by atoms with van der Waals surface area (Å²) >= 11 is 3.69. The van der Waals surface area contributed by atoms with Gasteiger partial charge in [-0.25, -0.2) is 4.68 Å². The van der Waals surface area contributed by atoms with E-state index in [2.05, 4.69) is 53.2 Å². The zero-order chi connectivity index (χ0) is 37.9. The van der Waals surface area contributed by atoms with Crippen LogP contribution in [0.2, 0.25) is 18.6 Å². The number of methoxy groups -OCH3 is 1. The second-order valence-corrected chi connectivity index (χ2v) is 21.0. The van der Waals surface area contributed by atoms with Gasteiger partial charge >= 0.3 is 0 Å². The number of aliphatic hydroxyl groups is 1. The van der Waals surface area contributed by atoms with Crippen LogP contribution in [0.3, 0.4) is 0 Å². The van der Waals surface area contributed by atoms with Gasteiger partial charge in [-0.05, 0) is 78.5 Å². The summed E-state index contributed by atoms with van der Waals surface area (Å²) in [6, 6.07) is 29.0. The van der Waals surface area contributed by atoms with E-state index in [0.29, 0.717) is 24.2 Å². The minimum absolute atomic E-state index is 0.0451. The number of anilines is 1. The maximum absolute atomic E-state index is 15.2. The van der Waals surface area contributed by atoms with Gasteiger partial charge in [-0.1, -0.05) is 77.5 Å². The number of carbonyl (C=O) groups excluding carboxylic acids is 2. The quantitative estimate of drug-likeness (QED) is 0.171. The van der Waals surface area contributed by atoms with Crippen molar-refractivity contribution in [3.8, 4) is 11.4 Å². The zero-order valence-electron chi connectivity index (χ0n) is 30.9. The van der Waals surface area contributed by atoms with Gasteiger partial charge in [0.2, 0.25) is 5.91 Å². The molecule has 4 aromatic carbocycles. The van der Waals surface area contributed by atoms with E-state index in [0.717, 1.165) is 45.4 Å². The molecule has 3 aliphatic rings. The largest absolute Gasteiger partial charge is 0.497 e. The van der Waals surface area contributed by atoms with Crippen LogP contribution in [0.4, 0.5) is 5.69 Å². The molecule has 2 saturated heterocycles. The molecule has 3 aliphatic heterocycles. The predicted molar refractivity (Wildman–Crippen MR) is 215 cm³/mol. The minimum Gasteiger partial charge on any atom is -0.497 e. The lowest BCUT2D eigenvalue weighted by molar-refractivity contribution is -0.150. The topological polar surface area (TPSA) is 117 Å². The number of likely N-dealkylation sites (tertiary alicyclic amines) is 1. The number of aliphatic hydroxyl groups excluding tert-OH is 1. The highest BCUT2D eigenvalue weighted by atomic mass is 79.9. The number of rotatable bonds is 9. The van der Waals surface area contributed by atoms with E-state index in [1.165, 1.54) is 9.87 Å². The van der Waals surface area contributed by atoms with Crippen LogP contribution in [0.5, 0.6) is 5.75 Å². The predicted octanol–water partition coefficient (Wildman–Crippen LogP) is 6.23. The lowest BCUT2D eigenvalue weighted by Crippen LogP contribution is -2.52. The highest BCUT2D eigenvalue weighted by Gasteiger charge is 2.66. The first-order valence-electron chi connectivity index (χ1n) is 18.6. The summed E-state index contributed by atoms with van der Waals surface area (Å²) in [4.78, 5) is 46.0. The lowest BCUT2D eigenvalue weighted by atomic mass is 9.82. The van der Waals surface area contributed by atoms with Gasteiger partial charge in [-0.15, -0.1) is 0 Å². The van der Waals surface area contributed by atoms with Crippen LogP contribution in [-0.2, 0) is 26.5 Å². The van der Waals surface area contributed by atoms with E-state index in [-0.39, 0.29) is 47.9 Å². The van der Waals surface area contributed by atoms with E-state index in [9.17, 15) is 14.7 Å². The fourth-order valence-electron chi connectivity index (χ4n) is 9.46. The van der Waals surface area contributed by atoms with E-state index in [4.69, 9.17) is 9.47 Å². The number of hydrogen-bond donors (Lipinski definition) is 2. The molecule has 10 nitrogen and oxygen atoms in total. The summed E-state index contributed by atoms with van der Waals surface area (Å²) in [6.07, 6.45) is 1.23. The molecule has 2 fully saturated rings. The Morgan fingerprint density at radius 2 is 1.78 bits per heavy atom. The average Bonchev–Trinajstić information content (AvgIpc) is 3.92. The Morgan fingerprint density at radius 1 is 1.04 bits per heavy atom. The maximum atomic E-state index is 15.2. The molecule has 0 bridgehead atoms. The molecular weight excluding hydrogens is 764 g/mol. The van der Waals surface area contributed by atoms with Crippen molar-refractivity contribution in [1.82, 2.24) is 14.7 Å². The van der Waals surface area contributed by atoms with Gasteiger partial charge in [0, 0.05) is 22.5 Å². The molecule has 0 saturated carbocycles. The monoisotopic (exact) mass is 808 g/mol. The number of fused-ring (bicyclic) bond motifs is 3. The van der Waals surface area contributed by atoms with Gasteiger partial charge in [-0.3, -0.25) is 19.5 Å². The Bertz CT molecular complexity index is 2290. The normalized spacial score (nSPS) is 23.9. The Kier molecular flexibility index (Phi) is 9.44. The van der Waals surface area contributed by atoms with Crippen molar-refractivity contribution < 1.29 is 24.2 Å². The molecule has 2 amide bonds. The molecule has 5 aromatic rings. The number of hydrogen-bond acceptors (Lipinski definition) is 6. The number of carbonyl (C=O) groups is 2. The molecule has 12 heteroatoms. The third-order valence-electron chi connectivity index (χ3n) is 12.2. The number of amides is 2. The Morgan fingerprint density at radius 3 is 2.48 bits per heavy atom. The van der Waals surface area contributed by atoms with Crippen molar-refractivity contribution in [2.75, 3.05) is 25.2 Å². The van der Waals surface area contributed by atoms with Gasteiger partial charge in [0.1, 0.15) is 5.75 Å². The summed E-state index contributed by atoms with van der Waals surface area (Å²) in [7, 11) is -0.811. The molecule has 1 spiro atoms. The summed E-state index contributed by atoms with van der Waals surface area (Å²) in [6.45, 7) is 7.58.